The molecule has 0 aromatic carbocycles. The van der Waals surface area contributed by atoms with Crippen LogP contribution in [-0.2, 0) is 37.9 Å². The SMILES string of the molecule is COCC(CC(C)(C)OCC(COCC(F)(C(F)(F)F)C(C)(C)OCC(C(C)(C)F)C(F)(F)F)OC(C)(C)CC(COC)OC(C)C)OC(C)C. The lowest BCUT2D eigenvalue weighted by atomic mass is 9.86. The molecule has 0 bridgehead atoms. The molecule has 51 heavy (non-hydrogen) atoms. The van der Waals surface area contributed by atoms with Crippen molar-refractivity contribution in [3.05, 3.63) is 0 Å². The summed E-state index contributed by atoms with van der Waals surface area (Å²) in [7, 11) is 3.04. The van der Waals surface area contributed by atoms with Crippen LogP contribution in [0.4, 0.5) is 35.1 Å². The zero-order valence-electron chi connectivity index (χ0n) is 32.9. The first-order chi connectivity index (χ1) is 22.8. The largest absolute Gasteiger partial charge is 0.427 e. The van der Waals surface area contributed by atoms with Crippen LogP contribution in [0.3, 0.4) is 0 Å². The second kappa shape index (κ2) is 20.2. The minimum absolute atomic E-state index is 0.107. The Morgan fingerprint density at radius 1 is 0.529 bits per heavy atom. The van der Waals surface area contributed by atoms with E-state index in [4.69, 9.17) is 37.9 Å². The molecule has 5 atom stereocenters. The molecule has 8 nitrogen and oxygen atoms in total. The number of alkyl halides is 8. The van der Waals surface area contributed by atoms with Gasteiger partial charge in [0.1, 0.15) is 23.3 Å². The van der Waals surface area contributed by atoms with Crippen molar-refractivity contribution in [3.8, 4) is 0 Å². The molecule has 0 fully saturated rings. The Kier molecular flexibility index (Phi) is 19.8. The van der Waals surface area contributed by atoms with Crippen molar-refractivity contribution in [2.75, 3.05) is 53.9 Å². The van der Waals surface area contributed by atoms with Crippen LogP contribution in [-0.4, -0.2) is 125 Å². The number of rotatable bonds is 26. The van der Waals surface area contributed by atoms with E-state index in [1.165, 1.54) is 14.2 Å². The highest BCUT2D eigenvalue weighted by Crippen LogP contribution is 2.46. The van der Waals surface area contributed by atoms with E-state index >= 15 is 4.39 Å². The summed E-state index contributed by atoms with van der Waals surface area (Å²) in [5.41, 5.74) is -12.0. The standard InChI is InChI=1S/C35H64F8O8/c1-23(2)49-25(17-44-13)15-29(5,6)47-20-27(51-30(7,8)16-26(18-45-14)50-24(3)4)19-46-22-33(37,35(41,42)43)32(11,12)48-21-28(31(9,10)36)34(38,39)40/h23-28H,15-22H2,1-14H3. The van der Waals surface area contributed by atoms with Crippen LogP contribution < -0.4 is 0 Å². The van der Waals surface area contributed by atoms with Gasteiger partial charge in [-0.05, 0) is 83.1 Å². The molecule has 0 saturated carbocycles. The monoisotopic (exact) mass is 764 g/mol. The van der Waals surface area contributed by atoms with Gasteiger partial charge in [0.25, 0.3) is 5.67 Å². The smallest absolute Gasteiger partial charge is 0.382 e. The van der Waals surface area contributed by atoms with Crippen LogP contribution in [0.2, 0.25) is 0 Å². The average molecular weight is 765 g/mol. The van der Waals surface area contributed by atoms with Gasteiger partial charge < -0.3 is 37.9 Å². The van der Waals surface area contributed by atoms with Gasteiger partial charge >= 0.3 is 12.4 Å². The summed E-state index contributed by atoms with van der Waals surface area (Å²) in [6.07, 6.45) is -12.2. The zero-order chi connectivity index (χ0) is 40.3. The summed E-state index contributed by atoms with van der Waals surface area (Å²) >= 11 is 0. The minimum atomic E-state index is -5.65. The van der Waals surface area contributed by atoms with Gasteiger partial charge in [0.15, 0.2) is 0 Å². The maximum atomic E-state index is 16.1. The Morgan fingerprint density at radius 2 is 0.980 bits per heavy atom. The third kappa shape index (κ3) is 18.3. The summed E-state index contributed by atoms with van der Waals surface area (Å²) in [4.78, 5) is 0. The van der Waals surface area contributed by atoms with Crippen molar-refractivity contribution in [1.29, 1.82) is 0 Å². The molecular formula is C35H64F8O8. The minimum Gasteiger partial charge on any atom is -0.382 e. The lowest BCUT2D eigenvalue weighted by molar-refractivity contribution is -0.314. The van der Waals surface area contributed by atoms with Gasteiger partial charge in [0, 0.05) is 27.1 Å². The van der Waals surface area contributed by atoms with Crippen LogP contribution in [0.25, 0.3) is 0 Å². The first-order valence-corrected chi connectivity index (χ1v) is 17.2. The second-order valence-corrected chi connectivity index (χ2v) is 15.8. The predicted octanol–water partition coefficient (Wildman–Crippen LogP) is 8.61. The van der Waals surface area contributed by atoms with Crippen molar-refractivity contribution >= 4 is 0 Å². The topological polar surface area (TPSA) is 73.8 Å². The van der Waals surface area contributed by atoms with Crippen LogP contribution in [0, 0.1) is 5.92 Å². The van der Waals surface area contributed by atoms with Crippen molar-refractivity contribution in [2.24, 2.45) is 5.92 Å². The van der Waals surface area contributed by atoms with Crippen LogP contribution in [0.1, 0.15) is 95.9 Å². The van der Waals surface area contributed by atoms with E-state index in [0.717, 1.165) is 0 Å². The lowest BCUT2D eigenvalue weighted by Crippen LogP contribution is -2.62. The van der Waals surface area contributed by atoms with Crippen molar-refractivity contribution in [1.82, 2.24) is 0 Å². The van der Waals surface area contributed by atoms with Crippen LogP contribution >= 0.6 is 0 Å². The van der Waals surface area contributed by atoms with E-state index in [-0.39, 0.29) is 38.1 Å². The Balaban J connectivity index is 6.27. The molecule has 0 aliphatic rings. The summed E-state index contributed by atoms with van der Waals surface area (Å²) in [5.74, 6) is -2.82. The third-order valence-corrected chi connectivity index (χ3v) is 8.06. The van der Waals surface area contributed by atoms with Gasteiger partial charge in [0.2, 0.25) is 0 Å². The molecule has 0 aromatic rings. The Bertz CT molecular complexity index is 953. The summed E-state index contributed by atoms with van der Waals surface area (Å²) in [6, 6.07) is 0. The van der Waals surface area contributed by atoms with Gasteiger partial charge in [-0.2, -0.15) is 26.3 Å². The quantitative estimate of drug-likeness (QED) is 0.0812. The Hall–Kier alpha value is -0.880. The fraction of sp³-hybridized carbons (Fsp3) is 1.00. The molecule has 0 aromatic heterocycles. The first-order valence-electron chi connectivity index (χ1n) is 17.2. The molecule has 308 valence electrons. The van der Waals surface area contributed by atoms with Crippen molar-refractivity contribution in [2.45, 2.75) is 167 Å². The fourth-order valence-electron chi connectivity index (χ4n) is 5.54. The predicted molar refractivity (Wildman–Crippen MR) is 177 cm³/mol. The number of ether oxygens (including phenoxy) is 8. The average Bonchev–Trinajstić information content (AvgIpc) is 2.88. The maximum absolute atomic E-state index is 16.1. The number of hydrogen-bond acceptors (Lipinski definition) is 8. The fourth-order valence-corrected chi connectivity index (χ4v) is 5.54. The highest BCUT2D eigenvalue weighted by molar-refractivity contribution is 5.02. The van der Waals surface area contributed by atoms with E-state index in [2.05, 4.69) is 0 Å². The van der Waals surface area contributed by atoms with Crippen molar-refractivity contribution in [3.63, 3.8) is 0 Å². The molecule has 0 radical (unpaired) electrons. The van der Waals surface area contributed by atoms with E-state index < -0.39 is 78.4 Å². The Morgan fingerprint density at radius 3 is 1.35 bits per heavy atom. The third-order valence-electron chi connectivity index (χ3n) is 8.06. The molecule has 16 heteroatoms. The number of halogens is 8. The normalized spacial score (nSPS) is 17.9. The van der Waals surface area contributed by atoms with E-state index in [1.54, 1.807) is 27.7 Å². The molecular weight excluding hydrogens is 700 g/mol. The maximum Gasteiger partial charge on any atom is 0.427 e. The summed E-state index contributed by atoms with van der Waals surface area (Å²) in [6.45, 7) is 13.5. The molecule has 0 spiro atoms. The molecule has 0 aliphatic heterocycles. The van der Waals surface area contributed by atoms with Gasteiger partial charge in [-0.3, -0.25) is 0 Å². The van der Waals surface area contributed by atoms with E-state index in [1.807, 2.05) is 27.7 Å². The molecule has 5 unspecified atom stereocenters. The Labute approximate surface area is 299 Å². The lowest BCUT2D eigenvalue weighted by Gasteiger charge is -2.42. The molecule has 0 N–H and O–H groups in total. The molecule has 0 saturated heterocycles. The first kappa shape index (κ1) is 50.1. The molecule has 0 aliphatic carbocycles. The van der Waals surface area contributed by atoms with Gasteiger partial charge in [-0.1, -0.05) is 0 Å². The molecule has 0 rings (SSSR count). The van der Waals surface area contributed by atoms with Gasteiger partial charge in [0.05, 0.1) is 75.3 Å². The van der Waals surface area contributed by atoms with Crippen molar-refractivity contribution < 1.29 is 73.0 Å². The molecule has 0 amide bonds. The number of methoxy groups -OCH3 is 2. The highest BCUT2D eigenvalue weighted by Gasteiger charge is 2.66. The van der Waals surface area contributed by atoms with Crippen LogP contribution in [0.5, 0.6) is 0 Å². The zero-order valence-corrected chi connectivity index (χ0v) is 32.9. The van der Waals surface area contributed by atoms with Gasteiger partial charge in [-0.25, -0.2) is 8.78 Å². The second-order valence-electron chi connectivity index (χ2n) is 15.8. The highest BCUT2D eigenvalue weighted by atomic mass is 19.4. The number of hydrogen-bond donors (Lipinski definition) is 0. The molecule has 0 heterocycles. The summed E-state index contributed by atoms with van der Waals surface area (Å²) in [5, 5.41) is 0. The summed E-state index contributed by atoms with van der Waals surface area (Å²) < 4.78 is 159. The van der Waals surface area contributed by atoms with E-state index in [0.29, 0.717) is 40.5 Å². The van der Waals surface area contributed by atoms with Crippen LogP contribution in [0.15, 0.2) is 0 Å². The van der Waals surface area contributed by atoms with Gasteiger partial charge in [-0.15, -0.1) is 0 Å². The van der Waals surface area contributed by atoms with E-state index in [9.17, 15) is 30.7 Å².